The molecule has 1 aromatic heterocycles. The van der Waals surface area contributed by atoms with Gasteiger partial charge in [-0.1, -0.05) is 25.5 Å². The van der Waals surface area contributed by atoms with Gasteiger partial charge in [0, 0.05) is 38.8 Å². The van der Waals surface area contributed by atoms with Crippen molar-refractivity contribution in [3.63, 3.8) is 0 Å². The molecule has 2 fully saturated rings. The summed E-state index contributed by atoms with van der Waals surface area (Å²) in [7, 11) is 0. The van der Waals surface area contributed by atoms with Crippen LogP contribution in [0.2, 0.25) is 0 Å². The number of piperazine rings is 1. The van der Waals surface area contributed by atoms with E-state index in [1.165, 1.54) is 24.9 Å². The van der Waals surface area contributed by atoms with Gasteiger partial charge in [-0.15, -0.1) is 0 Å². The molecule has 0 radical (unpaired) electrons. The molecule has 1 aromatic carbocycles. The van der Waals surface area contributed by atoms with Gasteiger partial charge in [0.15, 0.2) is 0 Å². The number of benzene rings is 1. The molecule has 6 heteroatoms. The van der Waals surface area contributed by atoms with E-state index in [0.29, 0.717) is 11.9 Å². The van der Waals surface area contributed by atoms with Gasteiger partial charge in [0.25, 0.3) is 0 Å². The SMILES string of the molecule is CCCCN1CCN(C(=O)[C@@H]2CCCN(Cc3nc4ccccc4n3C(C)C)C2)CC1. The van der Waals surface area contributed by atoms with Crippen LogP contribution in [0.5, 0.6) is 0 Å². The summed E-state index contributed by atoms with van der Waals surface area (Å²) in [5.74, 6) is 1.62. The lowest BCUT2D eigenvalue weighted by Crippen LogP contribution is -2.52. The van der Waals surface area contributed by atoms with Gasteiger partial charge >= 0.3 is 0 Å². The number of amides is 1. The summed E-state index contributed by atoms with van der Waals surface area (Å²) in [6, 6.07) is 8.77. The van der Waals surface area contributed by atoms with Crippen LogP contribution in [0.15, 0.2) is 24.3 Å². The molecule has 0 aliphatic carbocycles. The molecule has 0 spiro atoms. The highest BCUT2D eigenvalue weighted by Gasteiger charge is 2.31. The van der Waals surface area contributed by atoms with Crippen molar-refractivity contribution in [1.29, 1.82) is 0 Å². The van der Waals surface area contributed by atoms with Crippen LogP contribution in [0.1, 0.15) is 58.3 Å². The van der Waals surface area contributed by atoms with E-state index in [9.17, 15) is 4.79 Å². The van der Waals surface area contributed by atoms with Crippen LogP contribution in [0.25, 0.3) is 11.0 Å². The molecule has 1 amide bonds. The average Bonchev–Trinajstić information content (AvgIpc) is 3.15. The van der Waals surface area contributed by atoms with E-state index in [1.807, 2.05) is 0 Å². The first kappa shape index (κ1) is 22.3. The Hall–Kier alpha value is -1.92. The van der Waals surface area contributed by atoms with Crippen molar-refractivity contribution in [1.82, 2.24) is 24.3 Å². The molecule has 0 N–H and O–H groups in total. The monoisotopic (exact) mass is 425 g/mol. The van der Waals surface area contributed by atoms with E-state index in [0.717, 1.165) is 70.0 Å². The van der Waals surface area contributed by atoms with Gasteiger partial charge in [0.05, 0.1) is 23.5 Å². The van der Waals surface area contributed by atoms with Gasteiger partial charge < -0.3 is 9.47 Å². The summed E-state index contributed by atoms with van der Waals surface area (Å²) in [5.41, 5.74) is 2.27. The van der Waals surface area contributed by atoms with Crippen LogP contribution in [-0.2, 0) is 11.3 Å². The first-order chi connectivity index (χ1) is 15.1. The number of unbranched alkanes of at least 4 members (excludes halogenated alkanes) is 1. The average molecular weight is 426 g/mol. The highest BCUT2D eigenvalue weighted by molar-refractivity contribution is 5.79. The number of rotatable bonds is 7. The number of hydrogen-bond acceptors (Lipinski definition) is 4. The fourth-order valence-corrected chi connectivity index (χ4v) is 5.21. The van der Waals surface area contributed by atoms with E-state index in [-0.39, 0.29) is 5.92 Å². The molecule has 31 heavy (non-hydrogen) atoms. The van der Waals surface area contributed by atoms with E-state index < -0.39 is 0 Å². The van der Waals surface area contributed by atoms with E-state index in [2.05, 4.69) is 64.3 Å². The van der Waals surface area contributed by atoms with Crippen molar-refractivity contribution in [2.24, 2.45) is 5.92 Å². The maximum Gasteiger partial charge on any atom is 0.227 e. The number of carbonyl (C=O) groups excluding carboxylic acids is 1. The molecular weight excluding hydrogens is 386 g/mol. The largest absolute Gasteiger partial charge is 0.340 e. The normalized spacial score (nSPS) is 21.3. The number of carbonyl (C=O) groups is 1. The van der Waals surface area contributed by atoms with E-state index >= 15 is 0 Å². The summed E-state index contributed by atoms with van der Waals surface area (Å²) in [6.07, 6.45) is 4.61. The van der Waals surface area contributed by atoms with Crippen LogP contribution >= 0.6 is 0 Å². The lowest BCUT2D eigenvalue weighted by molar-refractivity contribution is -0.139. The maximum atomic E-state index is 13.2. The third-order valence-corrected chi connectivity index (χ3v) is 6.92. The Morgan fingerprint density at radius 2 is 1.87 bits per heavy atom. The number of para-hydroxylation sites is 2. The van der Waals surface area contributed by atoms with E-state index in [1.54, 1.807) is 0 Å². The van der Waals surface area contributed by atoms with Crippen LogP contribution in [0, 0.1) is 5.92 Å². The van der Waals surface area contributed by atoms with Crippen molar-refractivity contribution in [2.45, 2.75) is 59.0 Å². The van der Waals surface area contributed by atoms with Crippen LogP contribution in [-0.4, -0.2) is 76.0 Å². The zero-order valence-corrected chi connectivity index (χ0v) is 19.6. The van der Waals surface area contributed by atoms with Crippen LogP contribution in [0.3, 0.4) is 0 Å². The Morgan fingerprint density at radius 1 is 1.10 bits per heavy atom. The Bertz CT molecular complexity index is 868. The first-order valence-corrected chi connectivity index (χ1v) is 12.3. The fraction of sp³-hybridized carbons (Fsp3) is 0.680. The second kappa shape index (κ2) is 10.1. The molecule has 0 saturated carbocycles. The van der Waals surface area contributed by atoms with Crippen molar-refractivity contribution in [3.05, 3.63) is 30.1 Å². The van der Waals surface area contributed by atoms with Crippen LogP contribution in [0.4, 0.5) is 0 Å². The zero-order valence-electron chi connectivity index (χ0n) is 19.6. The number of piperidine rings is 1. The standard InChI is InChI=1S/C25H39N5O/c1-4-5-12-27-14-16-29(17-15-27)25(31)21-9-8-13-28(18-21)19-24-26-22-10-6-7-11-23(22)30(24)20(2)3/h6-7,10-11,20-21H,4-5,8-9,12-19H2,1-3H3/t21-/m1/s1. The fourth-order valence-electron chi connectivity index (χ4n) is 5.21. The third kappa shape index (κ3) is 5.12. The van der Waals surface area contributed by atoms with Gasteiger partial charge in [-0.3, -0.25) is 14.6 Å². The number of aromatic nitrogens is 2. The molecule has 0 bridgehead atoms. The summed E-state index contributed by atoms with van der Waals surface area (Å²) in [5, 5.41) is 0. The maximum absolute atomic E-state index is 13.2. The molecule has 2 aliphatic rings. The topological polar surface area (TPSA) is 44.6 Å². The smallest absolute Gasteiger partial charge is 0.227 e. The molecule has 3 heterocycles. The molecule has 170 valence electrons. The van der Waals surface area contributed by atoms with Gasteiger partial charge in [-0.25, -0.2) is 4.98 Å². The van der Waals surface area contributed by atoms with Crippen molar-refractivity contribution in [2.75, 3.05) is 45.8 Å². The molecule has 2 saturated heterocycles. The van der Waals surface area contributed by atoms with Gasteiger partial charge in [0.1, 0.15) is 5.82 Å². The Morgan fingerprint density at radius 3 is 2.61 bits per heavy atom. The highest BCUT2D eigenvalue weighted by atomic mass is 16.2. The highest BCUT2D eigenvalue weighted by Crippen LogP contribution is 2.25. The van der Waals surface area contributed by atoms with Gasteiger partial charge in [0.2, 0.25) is 5.91 Å². The van der Waals surface area contributed by atoms with Crippen LogP contribution < -0.4 is 0 Å². The molecule has 2 aromatic rings. The van der Waals surface area contributed by atoms with Crippen molar-refractivity contribution in [3.8, 4) is 0 Å². The molecule has 2 aliphatic heterocycles. The Labute approximate surface area is 187 Å². The minimum absolute atomic E-state index is 0.132. The molecule has 6 nitrogen and oxygen atoms in total. The van der Waals surface area contributed by atoms with Gasteiger partial charge in [-0.2, -0.15) is 0 Å². The van der Waals surface area contributed by atoms with Crippen molar-refractivity contribution < 1.29 is 4.79 Å². The second-order valence-corrected chi connectivity index (χ2v) is 9.58. The second-order valence-electron chi connectivity index (χ2n) is 9.58. The minimum Gasteiger partial charge on any atom is -0.340 e. The lowest BCUT2D eigenvalue weighted by Gasteiger charge is -2.39. The third-order valence-electron chi connectivity index (χ3n) is 6.92. The lowest BCUT2D eigenvalue weighted by atomic mass is 9.96. The summed E-state index contributed by atoms with van der Waals surface area (Å²) >= 11 is 0. The van der Waals surface area contributed by atoms with Gasteiger partial charge in [-0.05, 0) is 58.3 Å². The van der Waals surface area contributed by atoms with E-state index in [4.69, 9.17) is 4.98 Å². The zero-order chi connectivity index (χ0) is 21.8. The number of likely N-dealkylation sites (tertiary alicyclic amines) is 1. The summed E-state index contributed by atoms with van der Waals surface area (Å²) in [4.78, 5) is 25.3. The molecule has 0 unspecified atom stereocenters. The molecule has 1 atom stereocenters. The quantitative estimate of drug-likeness (QED) is 0.677. The predicted molar refractivity (Wildman–Crippen MR) is 126 cm³/mol. The molecule has 4 rings (SSSR count). The minimum atomic E-state index is 0.132. The number of hydrogen-bond donors (Lipinski definition) is 0. The van der Waals surface area contributed by atoms with Crippen molar-refractivity contribution >= 4 is 16.9 Å². The Balaban J connectivity index is 1.38. The number of nitrogens with zero attached hydrogens (tertiary/aromatic N) is 5. The molecular formula is C25H39N5O. The Kier molecular flexibility index (Phi) is 7.28. The number of imidazole rings is 1. The predicted octanol–water partition coefficient (Wildman–Crippen LogP) is 3.77. The first-order valence-electron chi connectivity index (χ1n) is 12.3. The summed E-state index contributed by atoms with van der Waals surface area (Å²) in [6.45, 7) is 14.4. The number of fused-ring (bicyclic) bond motifs is 1. The summed E-state index contributed by atoms with van der Waals surface area (Å²) < 4.78 is 2.36.